The summed E-state index contributed by atoms with van der Waals surface area (Å²) in [4.78, 5) is 45.5. The van der Waals surface area contributed by atoms with Crippen molar-refractivity contribution in [2.24, 2.45) is 0 Å². The third-order valence-corrected chi connectivity index (χ3v) is 6.37. The number of carbonyl (C=O) groups excluding carboxylic acids is 2. The molecule has 0 aliphatic rings. The van der Waals surface area contributed by atoms with E-state index in [1.807, 2.05) is 6.07 Å². The van der Waals surface area contributed by atoms with E-state index >= 15 is 0 Å². The molecular weight excluding hydrogens is 540 g/mol. The Labute approximate surface area is 240 Å². The van der Waals surface area contributed by atoms with Gasteiger partial charge in [-0.1, -0.05) is 18.2 Å². The Hall–Kier alpha value is -5.36. The minimum atomic E-state index is -1.12. The fourth-order valence-corrected chi connectivity index (χ4v) is 4.49. The molecule has 3 aromatic carbocycles. The number of aromatic amines is 1. The molecule has 0 bridgehead atoms. The number of hydrogen-bond donors (Lipinski definition) is 4. The topological polar surface area (TPSA) is 152 Å². The van der Waals surface area contributed by atoms with Gasteiger partial charge in [0.05, 0.1) is 41.7 Å². The molecule has 2 amide bonds. The summed E-state index contributed by atoms with van der Waals surface area (Å²) in [5, 5.41) is 15.8. The molecule has 0 aliphatic heterocycles. The monoisotopic (exact) mass is 570 g/mol. The number of para-hydroxylation sites is 1. The van der Waals surface area contributed by atoms with Crippen LogP contribution in [0.25, 0.3) is 16.7 Å². The van der Waals surface area contributed by atoms with Gasteiger partial charge in [0.15, 0.2) is 0 Å². The van der Waals surface area contributed by atoms with Crippen LogP contribution >= 0.6 is 0 Å². The molecule has 0 saturated carbocycles. The Bertz CT molecular complexity index is 1810. The molecule has 0 fully saturated rings. The first-order chi connectivity index (χ1) is 20.0. The highest BCUT2D eigenvalue weighted by molar-refractivity contribution is 6.05. The van der Waals surface area contributed by atoms with Gasteiger partial charge in [0.2, 0.25) is 5.95 Å². The van der Waals surface area contributed by atoms with Crippen molar-refractivity contribution in [3.05, 3.63) is 94.4 Å². The zero-order valence-corrected chi connectivity index (χ0v) is 23.5. The van der Waals surface area contributed by atoms with Crippen LogP contribution in [0, 0.1) is 6.92 Å². The van der Waals surface area contributed by atoms with Crippen molar-refractivity contribution in [3.8, 4) is 17.2 Å². The number of ether oxygens (including phenoxy) is 2. The minimum absolute atomic E-state index is 0.0163. The van der Waals surface area contributed by atoms with Crippen molar-refractivity contribution in [3.63, 3.8) is 0 Å². The van der Waals surface area contributed by atoms with Gasteiger partial charge in [0.1, 0.15) is 17.1 Å². The van der Waals surface area contributed by atoms with Crippen molar-refractivity contribution >= 4 is 34.7 Å². The summed E-state index contributed by atoms with van der Waals surface area (Å²) >= 11 is 0. The largest absolute Gasteiger partial charge is 0.457 e. The van der Waals surface area contributed by atoms with Gasteiger partial charge in [-0.15, -0.1) is 0 Å². The predicted molar refractivity (Wildman–Crippen MR) is 158 cm³/mol. The number of fused-ring (bicyclic) bond motifs is 1. The van der Waals surface area contributed by atoms with Crippen LogP contribution in [0.15, 0.2) is 77.6 Å². The number of imidazole rings is 1. The number of rotatable bonds is 8. The van der Waals surface area contributed by atoms with Crippen LogP contribution in [-0.2, 0) is 11.3 Å². The quantitative estimate of drug-likeness (QED) is 0.209. The van der Waals surface area contributed by atoms with Gasteiger partial charge in [-0.2, -0.15) is 0 Å². The minimum Gasteiger partial charge on any atom is -0.457 e. The third kappa shape index (κ3) is 6.03. The van der Waals surface area contributed by atoms with Crippen molar-refractivity contribution in [2.45, 2.75) is 32.9 Å². The molecule has 2 aromatic heterocycles. The first kappa shape index (κ1) is 28.2. The van der Waals surface area contributed by atoms with E-state index in [4.69, 9.17) is 4.74 Å². The maximum atomic E-state index is 13.5. The summed E-state index contributed by atoms with van der Waals surface area (Å²) in [6, 6.07) is 20.9. The second kappa shape index (κ2) is 11.3. The second-order valence-corrected chi connectivity index (χ2v) is 10.2. The molecule has 2 heterocycles. The van der Waals surface area contributed by atoms with E-state index in [-0.39, 0.29) is 18.1 Å². The second-order valence-electron chi connectivity index (χ2n) is 10.2. The highest BCUT2D eigenvalue weighted by atomic mass is 16.5. The van der Waals surface area contributed by atoms with E-state index < -0.39 is 23.2 Å². The van der Waals surface area contributed by atoms with Gasteiger partial charge in [-0.3, -0.25) is 19.6 Å². The number of amides is 2. The molecule has 5 rings (SSSR count). The lowest BCUT2D eigenvalue weighted by atomic mass is 10.1. The number of aliphatic hydroxyl groups is 1. The molecule has 0 atom stereocenters. The highest BCUT2D eigenvalue weighted by Crippen LogP contribution is 2.27. The molecule has 12 heteroatoms. The highest BCUT2D eigenvalue weighted by Gasteiger charge is 2.27. The maximum absolute atomic E-state index is 13.5. The molecule has 42 heavy (non-hydrogen) atoms. The normalized spacial score (nSPS) is 11.4. The van der Waals surface area contributed by atoms with Gasteiger partial charge >= 0.3 is 6.09 Å². The molecule has 216 valence electrons. The number of hydrogen-bond acceptors (Lipinski definition) is 7. The SMILES string of the molecule is COC(=O)Nc1nc2ccc(Oc3ccc(NC(=O)c4c(C)n(CC(C)(C)O)n(-c5ccccc5)c4=O)cc3)cc2[nH]1. The molecule has 5 aromatic rings. The van der Waals surface area contributed by atoms with Crippen LogP contribution in [0.3, 0.4) is 0 Å². The number of H-pyrrole nitrogens is 1. The van der Waals surface area contributed by atoms with E-state index in [9.17, 15) is 19.5 Å². The van der Waals surface area contributed by atoms with Crippen LogP contribution in [0.5, 0.6) is 11.5 Å². The van der Waals surface area contributed by atoms with Gasteiger partial charge in [-0.05, 0) is 69.3 Å². The molecular formula is C30H30N6O6. The molecule has 4 N–H and O–H groups in total. The summed E-state index contributed by atoms with van der Waals surface area (Å²) in [6.07, 6.45) is -0.638. The van der Waals surface area contributed by atoms with Crippen molar-refractivity contribution < 1.29 is 24.2 Å². The lowest BCUT2D eigenvalue weighted by Crippen LogP contribution is -2.32. The zero-order valence-electron chi connectivity index (χ0n) is 23.5. The Morgan fingerprint density at radius 2 is 1.69 bits per heavy atom. The fraction of sp³-hybridized carbons (Fsp3) is 0.200. The van der Waals surface area contributed by atoms with Crippen molar-refractivity contribution in [1.29, 1.82) is 0 Å². The van der Waals surface area contributed by atoms with Crippen LogP contribution in [0.2, 0.25) is 0 Å². The summed E-state index contributed by atoms with van der Waals surface area (Å²) in [7, 11) is 1.26. The molecule has 0 spiro atoms. The zero-order chi connectivity index (χ0) is 30.0. The van der Waals surface area contributed by atoms with Crippen molar-refractivity contribution in [1.82, 2.24) is 19.3 Å². The van der Waals surface area contributed by atoms with Crippen LogP contribution in [-0.4, -0.2) is 49.1 Å². The van der Waals surface area contributed by atoms with E-state index in [1.54, 1.807) is 92.2 Å². The Balaban J connectivity index is 1.34. The molecule has 0 unspecified atom stereocenters. The average Bonchev–Trinajstić information content (AvgIpc) is 3.45. The fourth-order valence-electron chi connectivity index (χ4n) is 4.49. The van der Waals surface area contributed by atoms with Crippen LogP contribution in [0.1, 0.15) is 29.9 Å². The van der Waals surface area contributed by atoms with Crippen molar-refractivity contribution in [2.75, 3.05) is 17.7 Å². The average molecular weight is 571 g/mol. The maximum Gasteiger partial charge on any atom is 0.413 e. The summed E-state index contributed by atoms with van der Waals surface area (Å²) in [5.41, 5.74) is 1.13. The number of nitrogens with zero attached hydrogens (tertiary/aromatic N) is 3. The van der Waals surface area contributed by atoms with Gasteiger partial charge in [0.25, 0.3) is 11.5 Å². The van der Waals surface area contributed by atoms with E-state index in [1.165, 1.54) is 11.8 Å². The number of methoxy groups -OCH3 is 1. The van der Waals surface area contributed by atoms with Crippen LogP contribution < -0.4 is 20.9 Å². The van der Waals surface area contributed by atoms with E-state index in [0.717, 1.165) is 0 Å². The van der Waals surface area contributed by atoms with Gasteiger partial charge in [0, 0.05) is 11.8 Å². The summed E-state index contributed by atoms with van der Waals surface area (Å²) < 4.78 is 13.5. The van der Waals surface area contributed by atoms with Gasteiger partial charge < -0.3 is 24.9 Å². The Morgan fingerprint density at radius 1 is 1.00 bits per heavy atom. The first-order valence-electron chi connectivity index (χ1n) is 13.1. The first-order valence-corrected chi connectivity index (χ1v) is 13.1. The Morgan fingerprint density at radius 3 is 2.36 bits per heavy atom. The number of benzene rings is 3. The summed E-state index contributed by atoms with van der Waals surface area (Å²) in [6.45, 7) is 5.07. The standard InChI is InChI=1S/C30H30N6O6/c1-18-25(27(38)36(20-8-6-5-7-9-20)35(18)17-30(2,3)40)26(37)31-19-10-12-21(13-11-19)42-22-14-15-23-24(16-22)33-28(32-23)34-29(39)41-4/h5-16,40H,17H2,1-4H3,(H,31,37)(H2,32,33,34,39). The molecule has 12 nitrogen and oxygen atoms in total. The lowest BCUT2D eigenvalue weighted by Gasteiger charge is -2.22. The molecule has 0 saturated heterocycles. The predicted octanol–water partition coefficient (Wildman–Crippen LogP) is 4.82. The number of nitrogens with one attached hydrogen (secondary N) is 3. The van der Waals surface area contributed by atoms with Gasteiger partial charge in [-0.25, -0.2) is 14.5 Å². The molecule has 0 aliphatic carbocycles. The van der Waals surface area contributed by atoms with Crippen LogP contribution in [0.4, 0.5) is 16.4 Å². The summed E-state index contributed by atoms with van der Waals surface area (Å²) in [5.74, 6) is 0.721. The Kier molecular flexibility index (Phi) is 7.55. The number of aromatic nitrogens is 4. The third-order valence-electron chi connectivity index (χ3n) is 6.37. The lowest BCUT2D eigenvalue weighted by molar-refractivity contribution is 0.0546. The van der Waals surface area contributed by atoms with E-state index in [2.05, 4.69) is 25.3 Å². The number of carbonyl (C=O) groups is 2. The number of anilines is 2. The van der Waals surface area contributed by atoms with E-state index in [0.29, 0.717) is 39.6 Å². The smallest absolute Gasteiger partial charge is 0.413 e. The molecule has 0 radical (unpaired) electrons.